The molecule has 1 unspecified atom stereocenters. The van der Waals surface area contributed by atoms with Crippen molar-refractivity contribution in [2.45, 2.75) is 18.9 Å². The summed E-state index contributed by atoms with van der Waals surface area (Å²) >= 11 is 6.31. The van der Waals surface area contributed by atoms with Gasteiger partial charge in [-0.2, -0.15) is 5.10 Å². The van der Waals surface area contributed by atoms with Crippen molar-refractivity contribution in [3.8, 4) is 5.75 Å². The normalized spacial score (nSPS) is 17.5. The first kappa shape index (κ1) is 15.4. The minimum Gasteiger partial charge on any atom is -0.497 e. The van der Waals surface area contributed by atoms with Gasteiger partial charge in [0.15, 0.2) is 5.15 Å². The summed E-state index contributed by atoms with van der Waals surface area (Å²) in [6, 6.07) is 7.90. The Morgan fingerprint density at radius 2 is 2.12 bits per heavy atom. The van der Waals surface area contributed by atoms with Crippen LogP contribution in [0.3, 0.4) is 0 Å². The highest BCUT2D eigenvalue weighted by Crippen LogP contribution is 2.26. The smallest absolute Gasteiger partial charge is 0.160 e. The minimum absolute atomic E-state index is 0.219. The van der Waals surface area contributed by atoms with Crippen LogP contribution in [0.1, 0.15) is 23.7 Å². The third-order valence-corrected chi connectivity index (χ3v) is 4.45. The van der Waals surface area contributed by atoms with E-state index >= 15 is 0 Å². The first-order chi connectivity index (χ1) is 11.7. The molecule has 0 amide bonds. The maximum Gasteiger partial charge on any atom is 0.160 e. The number of nitrogens with zero attached hydrogens (tertiary/aromatic N) is 4. The van der Waals surface area contributed by atoms with E-state index < -0.39 is 0 Å². The first-order valence-electron chi connectivity index (χ1n) is 7.84. The van der Waals surface area contributed by atoms with Crippen LogP contribution in [0.15, 0.2) is 30.5 Å². The zero-order chi connectivity index (χ0) is 16.5. The van der Waals surface area contributed by atoms with Gasteiger partial charge in [0.1, 0.15) is 22.6 Å². The number of halogens is 1. The molecular weight excluding hydrogens is 328 g/mol. The van der Waals surface area contributed by atoms with Crippen molar-refractivity contribution in [3.05, 3.63) is 47.0 Å². The molecule has 6 nitrogen and oxygen atoms in total. The van der Waals surface area contributed by atoms with Crippen LogP contribution in [0.4, 0.5) is 0 Å². The van der Waals surface area contributed by atoms with Gasteiger partial charge in [0.05, 0.1) is 26.5 Å². The summed E-state index contributed by atoms with van der Waals surface area (Å²) in [6.45, 7) is 2.04. The van der Waals surface area contributed by atoms with Crippen LogP contribution in [-0.4, -0.2) is 40.1 Å². The molecule has 0 bridgehead atoms. The second-order valence-electron chi connectivity index (χ2n) is 5.84. The SMILES string of the molecule is COc1ccc(Cn2cc3nc(C4CCOC4)nc(Cl)c3n2)cc1. The number of fused-ring (bicyclic) bond motifs is 1. The van der Waals surface area contributed by atoms with E-state index in [2.05, 4.69) is 15.1 Å². The standard InChI is InChI=1S/C17H17ClN4O2/c1-23-13-4-2-11(3-5-13)8-22-9-14-15(21-22)16(18)20-17(19-14)12-6-7-24-10-12/h2-5,9,12H,6-8,10H2,1H3. The lowest BCUT2D eigenvalue weighted by atomic mass is 10.1. The molecule has 3 aromatic rings. The van der Waals surface area contributed by atoms with Crippen molar-refractivity contribution in [3.63, 3.8) is 0 Å². The molecule has 0 N–H and O–H groups in total. The van der Waals surface area contributed by atoms with E-state index in [9.17, 15) is 0 Å². The molecule has 1 saturated heterocycles. The summed E-state index contributed by atoms with van der Waals surface area (Å²) in [4.78, 5) is 9.04. The Morgan fingerprint density at radius 1 is 1.29 bits per heavy atom. The first-order valence-corrected chi connectivity index (χ1v) is 8.22. The lowest BCUT2D eigenvalue weighted by molar-refractivity contribution is 0.193. The van der Waals surface area contributed by atoms with Crippen LogP contribution in [0, 0.1) is 0 Å². The molecule has 4 rings (SSSR count). The van der Waals surface area contributed by atoms with Gasteiger partial charge in [-0.1, -0.05) is 23.7 Å². The Kier molecular flexibility index (Phi) is 4.08. The summed E-state index contributed by atoms with van der Waals surface area (Å²) in [7, 11) is 1.66. The van der Waals surface area contributed by atoms with E-state index in [4.69, 9.17) is 21.1 Å². The van der Waals surface area contributed by atoms with Crippen LogP contribution in [-0.2, 0) is 11.3 Å². The summed E-state index contributed by atoms with van der Waals surface area (Å²) in [5.41, 5.74) is 2.52. The van der Waals surface area contributed by atoms with Gasteiger partial charge in [0.25, 0.3) is 0 Å². The largest absolute Gasteiger partial charge is 0.497 e. The van der Waals surface area contributed by atoms with Crippen LogP contribution in [0.5, 0.6) is 5.75 Å². The van der Waals surface area contributed by atoms with Gasteiger partial charge in [0.2, 0.25) is 0 Å². The van der Waals surface area contributed by atoms with Crippen molar-refractivity contribution in [2.24, 2.45) is 0 Å². The van der Waals surface area contributed by atoms with E-state index in [1.165, 1.54) is 0 Å². The topological polar surface area (TPSA) is 62.1 Å². The molecule has 0 radical (unpaired) electrons. The van der Waals surface area contributed by atoms with Gasteiger partial charge in [-0.05, 0) is 24.1 Å². The molecular formula is C17H17ClN4O2. The van der Waals surface area contributed by atoms with Crippen LogP contribution < -0.4 is 4.74 Å². The summed E-state index contributed by atoms with van der Waals surface area (Å²) in [5.74, 6) is 1.80. The molecule has 24 heavy (non-hydrogen) atoms. The van der Waals surface area contributed by atoms with Gasteiger partial charge in [-0.15, -0.1) is 0 Å². The monoisotopic (exact) mass is 344 g/mol. The van der Waals surface area contributed by atoms with E-state index in [0.717, 1.165) is 35.7 Å². The van der Waals surface area contributed by atoms with Gasteiger partial charge >= 0.3 is 0 Å². The Morgan fingerprint density at radius 3 is 2.83 bits per heavy atom. The zero-order valence-electron chi connectivity index (χ0n) is 13.3. The molecule has 1 fully saturated rings. The maximum absolute atomic E-state index is 6.31. The third kappa shape index (κ3) is 2.95. The summed E-state index contributed by atoms with van der Waals surface area (Å²) in [6.07, 6.45) is 2.84. The molecule has 3 heterocycles. The third-order valence-electron chi connectivity index (χ3n) is 4.18. The molecule has 1 aromatic carbocycles. The molecule has 2 aromatic heterocycles. The maximum atomic E-state index is 6.31. The van der Waals surface area contributed by atoms with E-state index in [0.29, 0.717) is 23.8 Å². The summed E-state index contributed by atoms with van der Waals surface area (Å²) < 4.78 is 12.4. The molecule has 0 aliphatic carbocycles. The Hall–Kier alpha value is -2.18. The highest BCUT2D eigenvalue weighted by atomic mass is 35.5. The van der Waals surface area contributed by atoms with Crippen molar-refractivity contribution >= 4 is 22.6 Å². The fraction of sp³-hybridized carbons (Fsp3) is 0.353. The van der Waals surface area contributed by atoms with Gasteiger partial charge in [-0.25, -0.2) is 9.97 Å². The molecule has 0 saturated carbocycles. The number of rotatable bonds is 4. The Labute approximate surface area is 144 Å². The van der Waals surface area contributed by atoms with Crippen molar-refractivity contribution in [1.29, 1.82) is 0 Å². The molecule has 0 spiro atoms. The van der Waals surface area contributed by atoms with E-state index in [-0.39, 0.29) is 5.92 Å². The van der Waals surface area contributed by atoms with E-state index in [1.54, 1.807) is 7.11 Å². The molecule has 124 valence electrons. The zero-order valence-corrected chi connectivity index (χ0v) is 14.0. The van der Waals surface area contributed by atoms with Crippen molar-refractivity contribution in [1.82, 2.24) is 19.7 Å². The number of benzene rings is 1. The number of aromatic nitrogens is 4. The average molecular weight is 345 g/mol. The highest BCUT2D eigenvalue weighted by molar-refractivity contribution is 6.33. The second-order valence-corrected chi connectivity index (χ2v) is 6.20. The lowest BCUT2D eigenvalue weighted by Crippen LogP contribution is -2.04. The molecule has 1 aliphatic heterocycles. The molecule has 1 atom stereocenters. The predicted molar refractivity (Wildman–Crippen MR) is 90.6 cm³/mol. The number of methoxy groups -OCH3 is 1. The molecule has 7 heteroatoms. The van der Waals surface area contributed by atoms with Gasteiger partial charge in [-0.3, -0.25) is 4.68 Å². The van der Waals surface area contributed by atoms with E-state index in [1.807, 2.05) is 35.1 Å². The van der Waals surface area contributed by atoms with Crippen LogP contribution in [0.25, 0.3) is 11.0 Å². The van der Waals surface area contributed by atoms with Gasteiger partial charge < -0.3 is 9.47 Å². The minimum atomic E-state index is 0.219. The summed E-state index contributed by atoms with van der Waals surface area (Å²) in [5, 5.41) is 4.91. The number of ether oxygens (including phenoxy) is 2. The van der Waals surface area contributed by atoms with Crippen LogP contribution >= 0.6 is 11.6 Å². The predicted octanol–water partition coefficient (Wildman–Crippen LogP) is 3.04. The van der Waals surface area contributed by atoms with Gasteiger partial charge in [0, 0.05) is 12.5 Å². The Balaban J connectivity index is 1.63. The fourth-order valence-electron chi connectivity index (χ4n) is 2.86. The number of hydrogen-bond acceptors (Lipinski definition) is 5. The Bertz CT molecular complexity index is 857. The number of hydrogen-bond donors (Lipinski definition) is 0. The van der Waals surface area contributed by atoms with Crippen LogP contribution in [0.2, 0.25) is 5.15 Å². The molecule has 1 aliphatic rings. The van der Waals surface area contributed by atoms with Crippen molar-refractivity contribution in [2.75, 3.05) is 20.3 Å². The second kappa shape index (κ2) is 6.37. The van der Waals surface area contributed by atoms with Crippen molar-refractivity contribution < 1.29 is 9.47 Å². The quantitative estimate of drug-likeness (QED) is 0.681. The highest BCUT2D eigenvalue weighted by Gasteiger charge is 2.22. The fourth-order valence-corrected chi connectivity index (χ4v) is 3.08. The average Bonchev–Trinajstić information content (AvgIpc) is 3.25. The lowest BCUT2D eigenvalue weighted by Gasteiger charge is -2.05.